The maximum Gasteiger partial charge on any atom is 0.181 e. The molecule has 0 spiro atoms. The fourth-order valence-corrected chi connectivity index (χ4v) is 1.16. The molecule has 4 heteroatoms. The lowest BCUT2D eigenvalue weighted by atomic mass is 10.0. The van der Waals surface area contributed by atoms with Crippen molar-refractivity contribution in [1.82, 2.24) is 0 Å². The SMILES string of the molecule is COC1CC(O)C(C)OC1O. The van der Waals surface area contributed by atoms with Gasteiger partial charge in [0.2, 0.25) is 0 Å². The van der Waals surface area contributed by atoms with Gasteiger partial charge in [-0.15, -0.1) is 0 Å². The van der Waals surface area contributed by atoms with Gasteiger partial charge < -0.3 is 19.7 Å². The molecular weight excluding hydrogens is 148 g/mol. The molecule has 0 radical (unpaired) electrons. The van der Waals surface area contributed by atoms with Crippen LogP contribution in [0.25, 0.3) is 0 Å². The molecule has 11 heavy (non-hydrogen) atoms. The summed E-state index contributed by atoms with van der Waals surface area (Å²) >= 11 is 0. The molecule has 1 aliphatic rings. The Morgan fingerprint density at radius 3 is 2.64 bits per heavy atom. The third-order valence-corrected chi connectivity index (χ3v) is 1.99. The van der Waals surface area contributed by atoms with E-state index >= 15 is 0 Å². The number of hydrogen-bond acceptors (Lipinski definition) is 4. The molecule has 1 heterocycles. The molecular formula is C7H14O4. The van der Waals surface area contributed by atoms with Crippen molar-refractivity contribution in [1.29, 1.82) is 0 Å². The Kier molecular flexibility index (Phi) is 2.84. The molecule has 0 saturated carbocycles. The van der Waals surface area contributed by atoms with Crippen LogP contribution in [0.3, 0.4) is 0 Å². The van der Waals surface area contributed by atoms with E-state index in [1.807, 2.05) is 0 Å². The van der Waals surface area contributed by atoms with E-state index in [4.69, 9.17) is 9.47 Å². The fraction of sp³-hybridized carbons (Fsp3) is 1.00. The van der Waals surface area contributed by atoms with Crippen LogP contribution in [0.4, 0.5) is 0 Å². The maximum atomic E-state index is 9.28. The van der Waals surface area contributed by atoms with E-state index < -0.39 is 18.5 Å². The summed E-state index contributed by atoms with van der Waals surface area (Å²) in [6.45, 7) is 1.72. The average molecular weight is 162 g/mol. The topological polar surface area (TPSA) is 58.9 Å². The highest BCUT2D eigenvalue weighted by molar-refractivity contribution is 4.78. The quantitative estimate of drug-likeness (QED) is 0.545. The molecule has 66 valence electrons. The molecule has 2 N–H and O–H groups in total. The molecule has 0 aromatic carbocycles. The minimum absolute atomic E-state index is 0.309. The van der Waals surface area contributed by atoms with Crippen LogP contribution >= 0.6 is 0 Å². The Hall–Kier alpha value is -0.160. The highest BCUT2D eigenvalue weighted by Gasteiger charge is 2.33. The molecule has 1 fully saturated rings. The Balaban J connectivity index is 2.48. The molecule has 0 aliphatic carbocycles. The van der Waals surface area contributed by atoms with Gasteiger partial charge in [0, 0.05) is 13.5 Å². The Bertz CT molecular complexity index is 128. The summed E-state index contributed by atoms with van der Waals surface area (Å²) in [6, 6.07) is 0. The summed E-state index contributed by atoms with van der Waals surface area (Å²) in [6.07, 6.45) is -1.72. The minimum atomic E-state index is -0.904. The summed E-state index contributed by atoms with van der Waals surface area (Å²) in [5.41, 5.74) is 0. The zero-order chi connectivity index (χ0) is 8.43. The van der Waals surface area contributed by atoms with Crippen molar-refractivity contribution in [3.63, 3.8) is 0 Å². The molecule has 0 aromatic rings. The molecule has 4 unspecified atom stereocenters. The number of ether oxygens (including phenoxy) is 2. The minimum Gasteiger partial charge on any atom is -0.390 e. The normalized spacial score (nSPS) is 45.8. The molecule has 0 amide bonds. The van der Waals surface area contributed by atoms with Gasteiger partial charge in [0.25, 0.3) is 0 Å². The van der Waals surface area contributed by atoms with Gasteiger partial charge in [-0.05, 0) is 6.92 Å². The highest BCUT2D eigenvalue weighted by atomic mass is 16.6. The Labute approximate surface area is 65.7 Å². The van der Waals surface area contributed by atoms with E-state index in [-0.39, 0.29) is 6.10 Å². The van der Waals surface area contributed by atoms with Crippen molar-refractivity contribution in [2.24, 2.45) is 0 Å². The van der Waals surface area contributed by atoms with Crippen LogP contribution < -0.4 is 0 Å². The van der Waals surface area contributed by atoms with Crippen molar-refractivity contribution in [3.05, 3.63) is 0 Å². The second-order valence-electron chi connectivity index (χ2n) is 2.81. The standard InChI is InChI=1S/C7H14O4/c1-4-5(8)3-6(10-2)7(9)11-4/h4-9H,3H2,1-2H3. The fourth-order valence-electron chi connectivity index (χ4n) is 1.16. The van der Waals surface area contributed by atoms with Gasteiger partial charge in [-0.2, -0.15) is 0 Å². The summed E-state index contributed by atoms with van der Waals surface area (Å²) in [5, 5.41) is 18.5. The van der Waals surface area contributed by atoms with Crippen LogP contribution in [0.2, 0.25) is 0 Å². The van der Waals surface area contributed by atoms with Crippen molar-refractivity contribution in [2.75, 3.05) is 7.11 Å². The van der Waals surface area contributed by atoms with Crippen molar-refractivity contribution >= 4 is 0 Å². The smallest absolute Gasteiger partial charge is 0.181 e. The third-order valence-electron chi connectivity index (χ3n) is 1.99. The lowest BCUT2D eigenvalue weighted by molar-refractivity contribution is -0.246. The monoisotopic (exact) mass is 162 g/mol. The van der Waals surface area contributed by atoms with Crippen LogP contribution in [-0.2, 0) is 9.47 Å². The number of rotatable bonds is 1. The highest BCUT2D eigenvalue weighted by Crippen LogP contribution is 2.20. The van der Waals surface area contributed by atoms with Crippen LogP contribution in [-0.4, -0.2) is 41.9 Å². The first kappa shape index (κ1) is 8.93. The molecule has 1 rings (SSSR count). The third kappa shape index (κ3) is 1.90. The lowest BCUT2D eigenvalue weighted by Gasteiger charge is -2.34. The van der Waals surface area contributed by atoms with Gasteiger partial charge in [-0.3, -0.25) is 0 Å². The van der Waals surface area contributed by atoms with Gasteiger partial charge in [-0.1, -0.05) is 0 Å². The molecule has 0 aromatic heterocycles. The number of methoxy groups -OCH3 is 1. The van der Waals surface area contributed by atoms with Crippen molar-refractivity contribution < 1.29 is 19.7 Å². The van der Waals surface area contributed by atoms with E-state index in [0.717, 1.165) is 0 Å². The summed E-state index contributed by atoms with van der Waals surface area (Å²) < 4.78 is 9.87. The number of aliphatic hydroxyl groups is 2. The van der Waals surface area contributed by atoms with E-state index in [9.17, 15) is 10.2 Å². The molecule has 4 atom stereocenters. The first-order valence-corrected chi connectivity index (χ1v) is 3.69. The predicted octanol–water partition coefficient (Wildman–Crippen LogP) is -0.510. The molecule has 4 nitrogen and oxygen atoms in total. The second kappa shape index (κ2) is 3.49. The Morgan fingerprint density at radius 2 is 2.09 bits per heavy atom. The van der Waals surface area contributed by atoms with Crippen molar-refractivity contribution in [3.8, 4) is 0 Å². The first-order valence-electron chi connectivity index (χ1n) is 3.69. The van der Waals surface area contributed by atoms with Crippen molar-refractivity contribution in [2.45, 2.75) is 37.9 Å². The van der Waals surface area contributed by atoms with E-state index in [2.05, 4.69) is 0 Å². The van der Waals surface area contributed by atoms with Crippen LogP contribution in [0.5, 0.6) is 0 Å². The van der Waals surface area contributed by atoms with Gasteiger partial charge in [0.1, 0.15) is 6.10 Å². The molecule has 0 bridgehead atoms. The first-order chi connectivity index (χ1) is 5.15. The number of hydrogen-bond donors (Lipinski definition) is 2. The van der Waals surface area contributed by atoms with Crippen LogP contribution in [0.15, 0.2) is 0 Å². The zero-order valence-corrected chi connectivity index (χ0v) is 6.73. The maximum absolute atomic E-state index is 9.28. The van der Waals surface area contributed by atoms with Gasteiger partial charge in [0.05, 0.1) is 12.2 Å². The van der Waals surface area contributed by atoms with Gasteiger partial charge in [0.15, 0.2) is 6.29 Å². The van der Waals surface area contributed by atoms with Gasteiger partial charge >= 0.3 is 0 Å². The molecule has 1 aliphatic heterocycles. The summed E-state index contributed by atoms with van der Waals surface area (Å²) in [4.78, 5) is 0. The van der Waals surface area contributed by atoms with Gasteiger partial charge in [-0.25, -0.2) is 0 Å². The van der Waals surface area contributed by atoms with Crippen LogP contribution in [0, 0.1) is 0 Å². The summed E-state index contributed by atoms with van der Waals surface area (Å²) in [5.74, 6) is 0. The van der Waals surface area contributed by atoms with E-state index in [1.165, 1.54) is 7.11 Å². The lowest BCUT2D eigenvalue weighted by Crippen LogP contribution is -2.46. The van der Waals surface area contributed by atoms with E-state index in [0.29, 0.717) is 6.42 Å². The van der Waals surface area contributed by atoms with Crippen LogP contribution in [0.1, 0.15) is 13.3 Å². The largest absolute Gasteiger partial charge is 0.390 e. The molecule has 1 saturated heterocycles. The average Bonchev–Trinajstić information content (AvgIpc) is 1.97. The zero-order valence-electron chi connectivity index (χ0n) is 6.73. The van der Waals surface area contributed by atoms with E-state index in [1.54, 1.807) is 6.92 Å². The predicted molar refractivity (Wildman–Crippen MR) is 38.0 cm³/mol. The summed E-state index contributed by atoms with van der Waals surface area (Å²) in [7, 11) is 1.49. The Morgan fingerprint density at radius 1 is 1.45 bits per heavy atom. The second-order valence-corrected chi connectivity index (χ2v) is 2.81. The number of aliphatic hydroxyl groups excluding tert-OH is 2.